The van der Waals surface area contributed by atoms with Crippen LogP contribution in [0.15, 0.2) is 59.8 Å². The van der Waals surface area contributed by atoms with E-state index in [1.807, 2.05) is 36.6 Å². The zero-order valence-corrected chi connectivity index (χ0v) is 16.6. The molecule has 0 bridgehead atoms. The third kappa shape index (κ3) is 4.78. The number of carbonyl (C=O) groups excluding carboxylic acids is 1. The molecule has 0 saturated carbocycles. The highest BCUT2D eigenvalue weighted by atomic mass is 32.2. The van der Waals surface area contributed by atoms with Gasteiger partial charge >= 0.3 is 0 Å². The summed E-state index contributed by atoms with van der Waals surface area (Å²) in [7, 11) is 0. The number of thioether (sulfide) groups is 1. The summed E-state index contributed by atoms with van der Waals surface area (Å²) in [5.74, 6) is 0.765. The highest BCUT2D eigenvalue weighted by Crippen LogP contribution is 2.24. The molecule has 1 aromatic heterocycles. The molecule has 1 heterocycles. The van der Waals surface area contributed by atoms with Gasteiger partial charge in [-0.2, -0.15) is 5.26 Å². The fraction of sp³-hybridized carbons (Fsp3) is 0.238. The molecule has 0 spiro atoms. The lowest BCUT2D eigenvalue weighted by molar-refractivity contribution is -0.115. The van der Waals surface area contributed by atoms with Crippen molar-refractivity contribution in [2.24, 2.45) is 0 Å². The average Bonchev–Trinajstić information content (AvgIpc) is 3.10. The lowest BCUT2D eigenvalue weighted by atomic mass is 10.1. The molecule has 0 aliphatic heterocycles. The maximum Gasteiger partial charge on any atom is 0.237 e. The average molecular weight is 392 g/mol. The second-order valence-corrected chi connectivity index (χ2v) is 7.55. The topological polar surface area (TPSA) is 83.6 Å². The molecule has 0 aliphatic rings. The zero-order valence-electron chi connectivity index (χ0n) is 15.8. The van der Waals surface area contributed by atoms with Crippen LogP contribution in [-0.2, 0) is 17.8 Å². The minimum atomic E-state index is -0.338. The number of carbonyl (C=O) groups is 1. The van der Waals surface area contributed by atoms with Gasteiger partial charge in [0.25, 0.3) is 0 Å². The van der Waals surface area contributed by atoms with Crippen LogP contribution in [0.25, 0.3) is 0 Å². The Balaban J connectivity index is 1.66. The molecule has 142 valence electrons. The summed E-state index contributed by atoms with van der Waals surface area (Å²) in [6.45, 7) is 4.63. The van der Waals surface area contributed by atoms with E-state index in [0.29, 0.717) is 17.7 Å². The van der Waals surface area contributed by atoms with Crippen molar-refractivity contribution < 1.29 is 4.79 Å². The van der Waals surface area contributed by atoms with Gasteiger partial charge in [0.1, 0.15) is 5.82 Å². The van der Waals surface area contributed by atoms with Crippen LogP contribution in [0, 0.1) is 11.3 Å². The maximum absolute atomic E-state index is 12.5. The van der Waals surface area contributed by atoms with Gasteiger partial charge in [-0.25, -0.2) is 0 Å². The van der Waals surface area contributed by atoms with E-state index in [9.17, 15) is 4.79 Å². The molecule has 1 amide bonds. The van der Waals surface area contributed by atoms with Crippen LogP contribution >= 0.6 is 11.8 Å². The van der Waals surface area contributed by atoms with Crippen LogP contribution in [0.1, 0.15) is 30.8 Å². The monoisotopic (exact) mass is 391 g/mol. The number of nitrogens with one attached hydrogen (secondary N) is 1. The minimum absolute atomic E-state index is 0.120. The van der Waals surface area contributed by atoms with E-state index in [2.05, 4.69) is 33.7 Å². The van der Waals surface area contributed by atoms with E-state index in [-0.39, 0.29) is 11.2 Å². The molecule has 6 nitrogen and oxygen atoms in total. The van der Waals surface area contributed by atoms with E-state index < -0.39 is 0 Å². The van der Waals surface area contributed by atoms with Crippen LogP contribution in [0.3, 0.4) is 0 Å². The maximum atomic E-state index is 12.5. The van der Waals surface area contributed by atoms with Crippen LogP contribution < -0.4 is 5.32 Å². The second-order valence-electron chi connectivity index (χ2n) is 6.24. The first kappa shape index (κ1) is 19.6. The first-order chi connectivity index (χ1) is 13.6. The van der Waals surface area contributed by atoms with Crippen molar-refractivity contribution in [3.05, 3.63) is 71.5 Å². The summed E-state index contributed by atoms with van der Waals surface area (Å²) in [5, 5.41) is 20.7. The third-order valence-corrected chi connectivity index (χ3v) is 5.33. The number of aromatic nitrogens is 3. The number of hydrogen-bond acceptors (Lipinski definition) is 5. The quantitative estimate of drug-likeness (QED) is 0.618. The largest absolute Gasteiger partial charge is 0.325 e. The number of rotatable bonds is 7. The molecule has 28 heavy (non-hydrogen) atoms. The molecule has 0 saturated heterocycles. The Morgan fingerprint density at radius 1 is 1.18 bits per heavy atom. The third-order valence-electron chi connectivity index (χ3n) is 4.25. The Labute approximate surface area is 168 Å². The Bertz CT molecular complexity index is 976. The van der Waals surface area contributed by atoms with Gasteiger partial charge in [-0.15, -0.1) is 10.2 Å². The van der Waals surface area contributed by atoms with E-state index in [1.54, 1.807) is 24.3 Å². The SMILES string of the molecule is CCn1c(Cc2ccccc2)nnc1S[C@@H](C)C(=O)Nc1ccc(C#N)cc1. The Hall–Kier alpha value is -3.11. The van der Waals surface area contributed by atoms with Crippen molar-refractivity contribution in [2.75, 3.05) is 5.32 Å². The first-order valence-electron chi connectivity index (χ1n) is 9.04. The summed E-state index contributed by atoms with van der Waals surface area (Å²) >= 11 is 1.39. The van der Waals surface area contributed by atoms with Gasteiger partial charge in [0.15, 0.2) is 5.16 Å². The lowest BCUT2D eigenvalue weighted by Crippen LogP contribution is -2.23. The van der Waals surface area contributed by atoms with Crippen molar-refractivity contribution in [3.8, 4) is 6.07 Å². The van der Waals surface area contributed by atoms with E-state index >= 15 is 0 Å². The van der Waals surface area contributed by atoms with Crippen molar-refractivity contribution in [2.45, 2.75) is 37.2 Å². The van der Waals surface area contributed by atoms with Gasteiger partial charge in [0, 0.05) is 18.7 Å². The van der Waals surface area contributed by atoms with Crippen molar-refractivity contribution in [1.29, 1.82) is 5.26 Å². The van der Waals surface area contributed by atoms with Crippen LogP contribution in [0.4, 0.5) is 5.69 Å². The molecule has 1 atom stereocenters. The molecule has 3 aromatic rings. The molecule has 0 aliphatic carbocycles. The van der Waals surface area contributed by atoms with Crippen LogP contribution in [0.2, 0.25) is 0 Å². The zero-order chi connectivity index (χ0) is 19.9. The number of hydrogen-bond donors (Lipinski definition) is 1. The summed E-state index contributed by atoms with van der Waals surface area (Å²) in [6, 6.07) is 19.0. The fourth-order valence-corrected chi connectivity index (χ4v) is 3.65. The summed E-state index contributed by atoms with van der Waals surface area (Å²) < 4.78 is 2.04. The molecular formula is C21H21N5OS. The van der Waals surface area contributed by atoms with Crippen molar-refractivity contribution >= 4 is 23.4 Å². The van der Waals surface area contributed by atoms with Crippen molar-refractivity contribution in [1.82, 2.24) is 14.8 Å². The molecule has 7 heteroatoms. The van der Waals surface area contributed by atoms with Gasteiger partial charge in [0.05, 0.1) is 16.9 Å². The molecule has 0 fully saturated rings. The van der Waals surface area contributed by atoms with Crippen molar-refractivity contribution in [3.63, 3.8) is 0 Å². The van der Waals surface area contributed by atoms with Crippen LogP contribution in [0.5, 0.6) is 0 Å². The highest BCUT2D eigenvalue weighted by Gasteiger charge is 2.20. The van der Waals surface area contributed by atoms with Gasteiger partial charge in [-0.1, -0.05) is 42.1 Å². The van der Waals surface area contributed by atoms with Gasteiger partial charge in [-0.05, 0) is 43.7 Å². The van der Waals surface area contributed by atoms with Gasteiger partial charge in [0.2, 0.25) is 5.91 Å². The van der Waals surface area contributed by atoms with E-state index in [4.69, 9.17) is 5.26 Å². The van der Waals surface area contributed by atoms with Gasteiger partial charge < -0.3 is 9.88 Å². The molecule has 2 aromatic carbocycles. The first-order valence-corrected chi connectivity index (χ1v) is 9.92. The Kier molecular flexibility index (Phi) is 6.45. The predicted molar refractivity (Wildman–Crippen MR) is 110 cm³/mol. The molecule has 0 radical (unpaired) electrons. The molecule has 1 N–H and O–H groups in total. The Morgan fingerprint density at radius 2 is 1.89 bits per heavy atom. The minimum Gasteiger partial charge on any atom is -0.325 e. The highest BCUT2D eigenvalue weighted by molar-refractivity contribution is 8.00. The number of anilines is 1. The van der Waals surface area contributed by atoms with E-state index in [0.717, 1.165) is 17.5 Å². The molecule has 0 unspecified atom stereocenters. The lowest BCUT2D eigenvalue weighted by Gasteiger charge is -2.13. The number of nitriles is 1. The normalized spacial score (nSPS) is 11.6. The van der Waals surface area contributed by atoms with Crippen LogP contribution in [-0.4, -0.2) is 25.9 Å². The summed E-state index contributed by atoms with van der Waals surface area (Å²) in [5.41, 5.74) is 2.40. The number of benzene rings is 2. The number of amides is 1. The Morgan fingerprint density at radius 3 is 2.54 bits per heavy atom. The molecule has 3 rings (SSSR count). The molecular weight excluding hydrogens is 370 g/mol. The number of nitrogens with zero attached hydrogens (tertiary/aromatic N) is 4. The standard InChI is InChI=1S/C21H21N5OS/c1-3-26-19(13-16-7-5-4-6-8-16)24-25-21(26)28-15(2)20(27)23-18-11-9-17(14-22)10-12-18/h4-12,15H,3,13H2,1-2H3,(H,23,27)/t15-/m0/s1. The van der Waals surface area contributed by atoms with E-state index in [1.165, 1.54) is 17.3 Å². The van der Waals surface area contributed by atoms with Gasteiger partial charge in [-0.3, -0.25) is 4.79 Å². The smallest absolute Gasteiger partial charge is 0.237 e. The summed E-state index contributed by atoms with van der Waals surface area (Å²) in [6.07, 6.45) is 0.702. The fourth-order valence-electron chi connectivity index (χ4n) is 2.72. The second kappa shape index (κ2) is 9.20. The summed E-state index contributed by atoms with van der Waals surface area (Å²) in [4.78, 5) is 12.5. The predicted octanol–water partition coefficient (Wildman–Crippen LogP) is 3.88.